The summed E-state index contributed by atoms with van der Waals surface area (Å²) in [6, 6.07) is 16.3. The lowest BCUT2D eigenvalue weighted by Gasteiger charge is -2.17. The van der Waals surface area contributed by atoms with Crippen molar-refractivity contribution in [3.8, 4) is 17.3 Å². The molecule has 1 saturated heterocycles. The van der Waals surface area contributed by atoms with Gasteiger partial charge in [-0.1, -0.05) is 24.3 Å². The first-order chi connectivity index (χ1) is 14.0. The summed E-state index contributed by atoms with van der Waals surface area (Å²) in [5.41, 5.74) is 5.58. The van der Waals surface area contributed by atoms with Crippen LogP contribution in [0.15, 0.2) is 42.5 Å². The predicted octanol–water partition coefficient (Wildman–Crippen LogP) is 4.44. The van der Waals surface area contributed by atoms with E-state index in [1.165, 1.54) is 22.7 Å². The van der Waals surface area contributed by atoms with E-state index in [1.807, 2.05) is 30.3 Å². The van der Waals surface area contributed by atoms with Gasteiger partial charge in [0.05, 0.1) is 28.2 Å². The number of hydrogen-bond acceptors (Lipinski definition) is 3. The van der Waals surface area contributed by atoms with E-state index >= 15 is 0 Å². The van der Waals surface area contributed by atoms with E-state index in [-0.39, 0.29) is 5.75 Å². The Hall–Kier alpha value is -2.78. The standard InChI is InChI=1S/C23H23N3O2S/c1-16-3-10-20-21(14-24)23(25(22(20)13-16)15-17-4-5-17)18-6-8-19(9-7-18)26-11-2-12-29(26,27)28/h3,6-10,13,17H,2,4-5,11-12,15H2,1H3. The molecule has 0 radical (unpaired) electrons. The molecule has 1 aliphatic heterocycles. The molecule has 1 aromatic heterocycles. The van der Waals surface area contributed by atoms with Gasteiger partial charge in [0.1, 0.15) is 6.07 Å². The fourth-order valence-corrected chi connectivity index (χ4v) is 5.90. The van der Waals surface area contributed by atoms with Gasteiger partial charge in [-0.3, -0.25) is 4.31 Å². The minimum absolute atomic E-state index is 0.211. The monoisotopic (exact) mass is 405 g/mol. The molecule has 148 valence electrons. The molecule has 2 fully saturated rings. The van der Waals surface area contributed by atoms with Gasteiger partial charge in [-0.15, -0.1) is 0 Å². The van der Waals surface area contributed by atoms with Gasteiger partial charge in [0.2, 0.25) is 10.0 Å². The molecule has 5 rings (SSSR count). The normalized spacial score (nSPS) is 18.3. The van der Waals surface area contributed by atoms with E-state index in [0.717, 1.165) is 28.7 Å². The van der Waals surface area contributed by atoms with Gasteiger partial charge in [-0.2, -0.15) is 5.26 Å². The van der Waals surface area contributed by atoms with Gasteiger partial charge in [-0.25, -0.2) is 8.42 Å². The average molecular weight is 406 g/mol. The maximum Gasteiger partial charge on any atom is 0.235 e. The Morgan fingerprint density at radius 3 is 2.52 bits per heavy atom. The van der Waals surface area contributed by atoms with Gasteiger partial charge in [0.15, 0.2) is 0 Å². The molecule has 2 aromatic carbocycles. The maximum absolute atomic E-state index is 12.2. The first kappa shape index (κ1) is 18.3. The van der Waals surface area contributed by atoms with E-state index < -0.39 is 10.0 Å². The van der Waals surface area contributed by atoms with Crippen LogP contribution in [0.3, 0.4) is 0 Å². The molecule has 1 aliphatic carbocycles. The number of fused-ring (bicyclic) bond motifs is 1. The van der Waals surface area contributed by atoms with Gasteiger partial charge < -0.3 is 4.57 Å². The summed E-state index contributed by atoms with van der Waals surface area (Å²) in [6.07, 6.45) is 3.13. The van der Waals surface area contributed by atoms with Crippen molar-refractivity contribution in [2.75, 3.05) is 16.6 Å². The predicted molar refractivity (Wildman–Crippen MR) is 115 cm³/mol. The topological polar surface area (TPSA) is 66.1 Å². The molecule has 6 heteroatoms. The van der Waals surface area contributed by atoms with Crippen LogP contribution in [0, 0.1) is 24.2 Å². The second-order valence-electron chi connectivity index (χ2n) is 8.20. The van der Waals surface area contributed by atoms with Gasteiger partial charge in [-0.05, 0) is 61.4 Å². The van der Waals surface area contributed by atoms with Crippen LogP contribution in [0.5, 0.6) is 0 Å². The van der Waals surface area contributed by atoms with E-state index in [2.05, 4.69) is 29.7 Å². The third kappa shape index (κ3) is 3.10. The lowest BCUT2D eigenvalue weighted by atomic mass is 10.0. The summed E-state index contributed by atoms with van der Waals surface area (Å²) in [7, 11) is -3.20. The fourth-order valence-electron chi connectivity index (χ4n) is 4.34. The van der Waals surface area contributed by atoms with Crippen LogP contribution in [0.2, 0.25) is 0 Å². The zero-order valence-corrected chi connectivity index (χ0v) is 17.2. The van der Waals surface area contributed by atoms with Crippen molar-refractivity contribution in [1.82, 2.24) is 4.57 Å². The first-order valence-corrected chi connectivity index (χ1v) is 11.7. The smallest absolute Gasteiger partial charge is 0.235 e. The number of hydrogen-bond donors (Lipinski definition) is 0. The molecule has 5 nitrogen and oxygen atoms in total. The highest BCUT2D eigenvalue weighted by atomic mass is 32.2. The Morgan fingerprint density at radius 2 is 1.90 bits per heavy atom. The van der Waals surface area contributed by atoms with Crippen molar-refractivity contribution >= 4 is 26.6 Å². The first-order valence-electron chi connectivity index (χ1n) is 10.1. The van der Waals surface area contributed by atoms with E-state index in [1.54, 1.807) is 0 Å². The SMILES string of the molecule is Cc1ccc2c(C#N)c(-c3ccc(N4CCCS4(=O)=O)cc3)n(CC3CC3)c2c1. The van der Waals surface area contributed by atoms with Crippen LogP contribution >= 0.6 is 0 Å². The number of nitrogens with zero attached hydrogens (tertiary/aromatic N) is 3. The van der Waals surface area contributed by atoms with Crippen LogP contribution in [-0.4, -0.2) is 25.3 Å². The maximum atomic E-state index is 12.2. The van der Waals surface area contributed by atoms with Crippen LogP contribution < -0.4 is 4.31 Å². The van der Waals surface area contributed by atoms with Crippen molar-refractivity contribution in [2.24, 2.45) is 5.92 Å². The fraction of sp³-hybridized carbons (Fsp3) is 0.348. The molecule has 0 amide bonds. The summed E-state index contributed by atoms with van der Waals surface area (Å²) in [5.74, 6) is 0.882. The van der Waals surface area contributed by atoms with Gasteiger partial charge in [0.25, 0.3) is 0 Å². The number of nitriles is 1. The minimum atomic E-state index is -3.20. The van der Waals surface area contributed by atoms with E-state index in [0.29, 0.717) is 30.1 Å². The van der Waals surface area contributed by atoms with Crippen molar-refractivity contribution < 1.29 is 8.42 Å². The third-order valence-electron chi connectivity index (χ3n) is 6.00. The summed E-state index contributed by atoms with van der Waals surface area (Å²) in [5, 5.41) is 10.9. The molecule has 3 aromatic rings. The Kier molecular flexibility index (Phi) is 4.18. The molecule has 29 heavy (non-hydrogen) atoms. The molecule has 1 saturated carbocycles. The molecular weight excluding hydrogens is 382 g/mol. The zero-order valence-electron chi connectivity index (χ0n) is 16.4. The van der Waals surface area contributed by atoms with Gasteiger partial charge >= 0.3 is 0 Å². The molecule has 0 spiro atoms. The highest BCUT2D eigenvalue weighted by molar-refractivity contribution is 7.93. The largest absolute Gasteiger partial charge is 0.339 e. The summed E-state index contributed by atoms with van der Waals surface area (Å²) >= 11 is 0. The lowest BCUT2D eigenvalue weighted by Crippen LogP contribution is -2.24. The molecular formula is C23H23N3O2S. The number of aryl methyl sites for hydroxylation is 1. The number of aromatic nitrogens is 1. The Bertz CT molecular complexity index is 1250. The van der Waals surface area contributed by atoms with Crippen LogP contribution in [0.4, 0.5) is 5.69 Å². The Balaban J connectivity index is 1.65. The summed E-state index contributed by atoms with van der Waals surface area (Å²) < 4.78 is 28.2. The number of sulfonamides is 1. The highest BCUT2D eigenvalue weighted by Crippen LogP contribution is 2.39. The second kappa shape index (κ2) is 6.64. The molecule has 0 N–H and O–H groups in total. The molecule has 0 unspecified atom stereocenters. The molecule has 2 heterocycles. The van der Waals surface area contributed by atoms with Crippen LogP contribution in [-0.2, 0) is 16.6 Å². The summed E-state index contributed by atoms with van der Waals surface area (Å²) in [4.78, 5) is 0. The Morgan fingerprint density at radius 1 is 1.14 bits per heavy atom. The van der Waals surface area contributed by atoms with E-state index in [4.69, 9.17) is 0 Å². The van der Waals surface area contributed by atoms with Gasteiger partial charge in [0, 0.05) is 18.5 Å². The highest BCUT2D eigenvalue weighted by Gasteiger charge is 2.29. The van der Waals surface area contributed by atoms with E-state index in [9.17, 15) is 13.7 Å². The van der Waals surface area contributed by atoms with Crippen molar-refractivity contribution in [2.45, 2.75) is 32.7 Å². The van der Waals surface area contributed by atoms with Crippen LogP contribution in [0.25, 0.3) is 22.2 Å². The van der Waals surface area contributed by atoms with Crippen molar-refractivity contribution in [1.29, 1.82) is 5.26 Å². The third-order valence-corrected chi connectivity index (χ3v) is 7.87. The van der Waals surface area contributed by atoms with Crippen molar-refractivity contribution in [3.05, 3.63) is 53.6 Å². The lowest BCUT2D eigenvalue weighted by molar-refractivity contribution is 0.599. The molecule has 0 bridgehead atoms. The summed E-state index contributed by atoms with van der Waals surface area (Å²) in [6.45, 7) is 3.52. The quantitative estimate of drug-likeness (QED) is 0.645. The number of anilines is 1. The number of benzene rings is 2. The Labute approximate surface area is 171 Å². The zero-order chi connectivity index (χ0) is 20.2. The van der Waals surface area contributed by atoms with Crippen LogP contribution in [0.1, 0.15) is 30.4 Å². The second-order valence-corrected chi connectivity index (χ2v) is 10.2. The molecule has 0 atom stereocenters. The number of rotatable bonds is 4. The average Bonchev–Trinajstić information content (AvgIpc) is 3.38. The minimum Gasteiger partial charge on any atom is -0.339 e. The molecule has 2 aliphatic rings. The van der Waals surface area contributed by atoms with Crippen molar-refractivity contribution in [3.63, 3.8) is 0 Å².